The quantitative estimate of drug-likeness (QED) is 0.436. The Balaban J connectivity index is 0.00000122. The molecule has 0 aromatic heterocycles. The van der Waals surface area contributed by atoms with Crippen molar-refractivity contribution in [2.24, 2.45) is 0 Å². The highest BCUT2D eigenvalue weighted by molar-refractivity contribution is 5.92. The first-order valence-corrected chi connectivity index (χ1v) is 8.20. The average molecular weight is 387 g/mol. The van der Waals surface area contributed by atoms with E-state index in [1.54, 1.807) is 6.92 Å². The largest absolute Gasteiger partial charge is 0.476 e. The van der Waals surface area contributed by atoms with Gasteiger partial charge in [-0.2, -0.15) is 9.59 Å². The second-order valence-electron chi connectivity index (χ2n) is 6.45. The second kappa shape index (κ2) is 9.43. The highest BCUT2D eigenvalue weighted by Gasteiger charge is 2.29. The van der Waals surface area contributed by atoms with Gasteiger partial charge in [-0.1, -0.05) is 29.8 Å². The molecule has 0 unspecified atom stereocenters. The molecule has 0 aliphatic heterocycles. The van der Waals surface area contributed by atoms with Crippen LogP contribution in [0.1, 0.15) is 40.9 Å². The van der Waals surface area contributed by atoms with Crippen LogP contribution in [0.25, 0.3) is 0 Å². The number of hydrogen-bond acceptors (Lipinski definition) is 7. The van der Waals surface area contributed by atoms with E-state index in [2.05, 4.69) is 4.74 Å². The molecule has 8 heteroatoms. The van der Waals surface area contributed by atoms with E-state index < -0.39 is 16.5 Å². The van der Waals surface area contributed by atoms with Gasteiger partial charge in [-0.05, 0) is 44.9 Å². The maximum Gasteiger partial charge on any atom is 0.373 e. The first-order valence-electron chi connectivity index (χ1n) is 8.20. The van der Waals surface area contributed by atoms with E-state index in [-0.39, 0.29) is 23.2 Å². The summed E-state index contributed by atoms with van der Waals surface area (Å²) in [6.07, 6.45) is 0.250. The molecule has 2 aromatic carbocycles. The number of nitrogens with zero attached hydrogens (tertiary/aromatic N) is 1. The number of nitro benzene ring substituents is 1. The molecule has 0 amide bonds. The molecule has 28 heavy (non-hydrogen) atoms. The minimum atomic E-state index is -0.782. The Morgan fingerprint density at radius 2 is 1.75 bits per heavy atom. The Labute approximate surface area is 162 Å². The number of hydrogen-bond donors (Lipinski definition) is 0. The molecule has 148 valence electrons. The Hall–Kier alpha value is -3.51. The van der Waals surface area contributed by atoms with Gasteiger partial charge < -0.3 is 9.47 Å². The Kier molecular flexibility index (Phi) is 7.59. The molecule has 0 spiro atoms. The summed E-state index contributed by atoms with van der Waals surface area (Å²) in [4.78, 5) is 38.9. The van der Waals surface area contributed by atoms with Crippen molar-refractivity contribution in [2.75, 3.05) is 7.11 Å². The van der Waals surface area contributed by atoms with Crippen LogP contribution >= 0.6 is 0 Å². The number of methoxy groups -OCH3 is 1. The van der Waals surface area contributed by atoms with Crippen LogP contribution in [0.2, 0.25) is 0 Å². The lowest BCUT2D eigenvalue weighted by molar-refractivity contribution is -0.386. The fourth-order valence-electron chi connectivity index (χ4n) is 2.58. The van der Waals surface area contributed by atoms with E-state index in [0.717, 1.165) is 11.1 Å². The first-order chi connectivity index (χ1) is 13.1. The predicted molar refractivity (Wildman–Crippen MR) is 99.0 cm³/mol. The normalized spacial score (nSPS) is 10.2. The minimum Gasteiger partial charge on any atom is -0.476 e. The summed E-state index contributed by atoms with van der Waals surface area (Å²) < 4.78 is 10.7. The number of ether oxygens (including phenoxy) is 2. The first kappa shape index (κ1) is 22.5. The van der Waals surface area contributed by atoms with Gasteiger partial charge in [0, 0.05) is 6.07 Å². The highest BCUT2D eigenvalue weighted by atomic mass is 16.6. The maximum atomic E-state index is 11.8. The van der Waals surface area contributed by atoms with Crippen molar-refractivity contribution in [1.82, 2.24) is 0 Å². The van der Waals surface area contributed by atoms with Crippen molar-refractivity contribution in [3.05, 3.63) is 68.8 Å². The monoisotopic (exact) mass is 387 g/mol. The summed E-state index contributed by atoms with van der Waals surface area (Å²) in [6.45, 7) is 7.34. The van der Waals surface area contributed by atoms with Crippen LogP contribution in [0.5, 0.6) is 5.75 Å². The van der Waals surface area contributed by atoms with Gasteiger partial charge in [0.1, 0.15) is 5.60 Å². The van der Waals surface area contributed by atoms with E-state index >= 15 is 0 Å². The molecule has 0 bridgehead atoms. The van der Waals surface area contributed by atoms with E-state index in [9.17, 15) is 14.9 Å². The van der Waals surface area contributed by atoms with Crippen molar-refractivity contribution >= 4 is 17.8 Å². The van der Waals surface area contributed by atoms with Gasteiger partial charge in [-0.15, -0.1) is 0 Å². The lowest BCUT2D eigenvalue weighted by Crippen LogP contribution is -2.26. The number of benzene rings is 2. The topological polar surface area (TPSA) is 113 Å². The van der Waals surface area contributed by atoms with Gasteiger partial charge >= 0.3 is 17.8 Å². The molecule has 2 aromatic rings. The fourth-order valence-corrected chi connectivity index (χ4v) is 2.58. The predicted octanol–water partition coefficient (Wildman–Crippen LogP) is 3.73. The lowest BCUT2D eigenvalue weighted by atomic mass is 9.96. The van der Waals surface area contributed by atoms with Gasteiger partial charge in [0.05, 0.1) is 17.6 Å². The van der Waals surface area contributed by atoms with Crippen LogP contribution in [0.15, 0.2) is 36.4 Å². The molecule has 0 N–H and O–H groups in total. The third kappa shape index (κ3) is 5.49. The molecular formula is C20H21NO7. The third-order valence-corrected chi connectivity index (χ3v) is 3.99. The van der Waals surface area contributed by atoms with Crippen molar-refractivity contribution in [2.45, 2.75) is 33.3 Å². The van der Waals surface area contributed by atoms with E-state index in [1.165, 1.54) is 19.2 Å². The van der Waals surface area contributed by atoms with Crippen molar-refractivity contribution in [3.8, 4) is 5.75 Å². The maximum absolute atomic E-state index is 11.8. The number of esters is 1. The van der Waals surface area contributed by atoms with Gasteiger partial charge in [-0.3, -0.25) is 10.1 Å². The molecular weight excluding hydrogens is 366 g/mol. The van der Waals surface area contributed by atoms with E-state index in [0.29, 0.717) is 5.56 Å². The zero-order chi connectivity index (χ0) is 21.5. The molecule has 0 atom stereocenters. The van der Waals surface area contributed by atoms with Crippen LogP contribution in [0, 0.1) is 24.0 Å². The number of carbonyl (C=O) groups excluding carboxylic acids is 3. The smallest absolute Gasteiger partial charge is 0.373 e. The van der Waals surface area contributed by atoms with Crippen LogP contribution in [-0.4, -0.2) is 24.2 Å². The van der Waals surface area contributed by atoms with Gasteiger partial charge in [0.15, 0.2) is 5.75 Å². The molecule has 0 fully saturated rings. The summed E-state index contributed by atoms with van der Waals surface area (Å²) in [5.41, 5.74) is 1.61. The molecule has 0 radical (unpaired) electrons. The molecule has 0 aliphatic rings. The molecule has 0 aliphatic carbocycles. The number of aryl methyl sites for hydroxylation is 2. The number of carbonyl (C=O) groups is 1. The summed E-state index contributed by atoms with van der Waals surface area (Å²) in [6, 6.07) is 10.5. The van der Waals surface area contributed by atoms with Crippen LogP contribution < -0.4 is 4.74 Å². The Morgan fingerprint density at radius 1 is 1.14 bits per heavy atom. The van der Waals surface area contributed by atoms with Crippen molar-refractivity contribution in [3.63, 3.8) is 0 Å². The van der Waals surface area contributed by atoms with Gasteiger partial charge in [-0.25, -0.2) is 4.79 Å². The second-order valence-corrected chi connectivity index (χ2v) is 6.45. The Bertz CT molecular complexity index is 913. The van der Waals surface area contributed by atoms with Crippen LogP contribution in [0.3, 0.4) is 0 Å². The van der Waals surface area contributed by atoms with E-state index in [4.69, 9.17) is 14.3 Å². The molecule has 0 saturated heterocycles. The minimum absolute atomic E-state index is 0.113. The highest BCUT2D eigenvalue weighted by Crippen LogP contribution is 2.36. The van der Waals surface area contributed by atoms with Gasteiger partial charge in [0.2, 0.25) is 0 Å². The van der Waals surface area contributed by atoms with Crippen molar-refractivity contribution in [1.29, 1.82) is 0 Å². The van der Waals surface area contributed by atoms with Crippen LogP contribution in [0.4, 0.5) is 5.69 Å². The zero-order valence-electron chi connectivity index (χ0n) is 16.3. The van der Waals surface area contributed by atoms with E-state index in [1.807, 2.05) is 45.0 Å². The number of nitro groups is 1. The zero-order valence-corrected chi connectivity index (χ0v) is 16.3. The summed E-state index contributed by atoms with van der Waals surface area (Å²) in [5.74, 6) is -0.508. The summed E-state index contributed by atoms with van der Waals surface area (Å²) >= 11 is 0. The number of rotatable bonds is 5. The average Bonchev–Trinajstić information content (AvgIpc) is 2.61. The fraction of sp³-hybridized carbons (Fsp3) is 0.300. The lowest BCUT2D eigenvalue weighted by Gasteiger charge is -2.27. The van der Waals surface area contributed by atoms with Crippen LogP contribution in [-0.2, 0) is 19.9 Å². The molecule has 0 heterocycles. The van der Waals surface area contributed by atoms with Gasteiger partial charge in [0.25, 0.3) is 0 Å². The Morgan fingerprint density at radius 3 is 2.25 bits per heavy atom. The summed E-state index contributed by atoms with van der Waals surface area (Å²) in [5, 5.41) is 11.4. The SMILES string of the molecule is COC(=O)c1cc([N+](=O)[O-])c(OC(C)(C)c2cccc(C)c2)cc1C.O=C=O. The molecule has 2 rings (SSSR count). The third-order valence-electron chi connectivity index (χ3n) is 3.99. The molecule has 0 saturated carbocycles. The standard InChI is InChI=1S/C19H21NO5.CO2/c1-12-7-6-8-14(9-12)19(3,4)25-17-10-13(2)15(18(21)24-5)11-16(17)20(22)23;2-1-3/h6-11H,1-5H3;. The van der Waals surface area contributed by atoms with Crippen molar-refractivity contribution < 1.29 is 28.8 Å². The molecule has 8 nitrogen and oxygen atoms in total. The summed E-state index contributed by atoms with van der Waals surface area (Å²) in [7, 11) is 1.23.